The average Bonchev–Trinajstić information content (AvgIpc) is 2.88. The van der Waals surface area contributed by atoms with Crippen LogP contribution < -0.4 is 0 Å². The third kappa shape index (κ3) is 2.94. The molecule has 1 nitrogen and oxygen atoms in total. The maximum atomic E-state index is 2.64. The minimum absolute atomic E-state index is 0.654. The van der Waals surface area contributed by atoms with E-state index in [0.29, 0.717) is 12.0 Å². The summed E-state index contributed by atoms with van der Waals surface area (Å²) >= 11 is 0. The summed E-state index contributed by atoms with van der Waals surface area (Å²) in [5.41, 5.74) is 2.95. The Labute approximate surface area is 122 Å². The largest absolute Gasteiger partial charge is 0.300 e. The monoisotopic (exact) mass is 265 g/mol. The molecular weight excluding hydrogens is 242 g/mol. The lowest BCUT2D eigenvalue weighted by Gasteiger charge is -2.25. The average molecular weight is 265 g/mol. The first-order valence-electron chi connectivity index (χ1n) is 7.67. The first-order chi connectivity index (χ1) is 9.84. The summed E-state index contributed by atoms with van der Waals surface area (Å²) in [4.78, 5) is 2.64. The van der Waals surface area contributed by atoms with Gasteiger partial charge >= 0.3 is 0 Å². The molecule has 1 aliphatic rings. The fourth-order valence-electron chi connectivity index (χ4n) is 3.38. The van der Waals surface area contributed by atoms with Gasteiger partial charge in [0.05, 0.1) is 0 Å². The van der Waals surface area contributed by atoms with Gasteiger partial charge in [0, 0.05) is 18.5 Å². The molecule has 0 aliphatic carbocycles. The van der Waals surface area contributed by atoms with Crippen molar-refractivity contribution in [3.05, 3.63) is 71.8 Å². The van der Waals surface area contributed by atoms with Crippen molar-refractivity contribution in [2.75, 3.05) is 13.1 Å². The van der Waals surface area contributed by atoms with Crippen LogP contribution in [-0.4, -0.2) is 24.0 Å². The van der Waals surface area contributed by atoms with E-state index in [2.05, 4.69) is 72.5 Å². The topological polar surface area (TPSA) is 3.24 Å². The van der Waals surface area contributed by atoms with Gasteiger partial charge in [-0.25, -0.2) is 0 Å². The molecule has 0 N–H and O–H groups in total. The molecule has 1 saturated heterocycles. The van der Waals surface area contributed by atoms with Gasteiger partial charge in [-0.15, -0.1) is 0 Å². The zero-order valence-corrected chi connectivity index (χ0v) is 12.2. The molecule has 2 aromatic carbocycles. The van der Waals surface area contributed by atoms with Crippen molar-refractivity contribution in [3.8, 4) is 0 Å². The van der Waals surface area contributed by atoms with Crippen molar-refractivity contribution in [1.82, 2.24) is 4.90 Å². The predicted octanol–water partition coefficient (Wildman–Crippen LogP) is 4.11. The summed E-state index contributed by atoms with van der Waals surface area (Å²) in [6.07, 6.45) is 2.45. The highest BCUT2D eigenvalue weighted by atomic mass is 15.2. The first-order valence-corrected chi connectivity index (χ1v) is 7.67. The van der Waals surface area contributed by atoms with Crippen LogP contribution in [0.5, 0.6) is 0 Å². The van der Waals surface area contributed by atoms with Crippen LogP contribution in [-0.2, 0) is 6.42 Å². The fourth-order valence-corrected chi connectivity index (χ4v) is 3.38. The summed E-state index contributed by atoms with van der Waals surface area (Å²) in [6, 6.07) is 22.5. The fraction of sp³-hybridized carbons (Fsp3) is 0.368. The van der Waals surface area contributed by atoms with Gasteiger partial charge in [0.25, 0.3) is 0 Å². The Morgan fingerprint density at radius 3 is 2.30 bits per heavy atom. The van der Waals surface area contributed by atoms with E-state index in [1.54, 1.807) is 0 Å². The summed E-state index contributed by atoms with van der Waals surface area (Å²) < 4.78 is 0. The Kier molecular flexibility index (Phi) is 4.17. The Balaban J connectivity index is 1.60. The van der Waals surface area contributed by atoms with Gasteiger partial charge in [0.1, 0.15) is 0 Å². The lowest BCUT2D eigenvalue weighted by molar-refractivity contribution is 0.263. The number of likely N-dealkylation sites (tertiary alicyclic amines) is 1. The van der Waals surface area contributed by atoms with Gasteiger partial charge in [-0.3, -0.25) is 4.90 Å². The third-order valence-corrected chi connectivity index (χ3v) is 4.64. The Morgan fingerprint density at radius 2 is 1.60 bits per heavy atom. The second-order valence-electron chi connectivity index (χ2n) is 5.82. The van der Waals surface area contributed by atoms with Crippen molar-refractivity contribution in [2.24, 2.45) is 0 Å². The molecule has 0 bridgehead atoms. The normalized spacial score (nSPS) is 23.1. The van der Waals surface area contributed by atoms with E-state index in [1.807, 2.05) is 0 Å². The molecule has 20 heavy (non-hydrogen) atoms. The smallest absolute Gasteiger partial charge is 0.0136 e. The van der Waals surface area contributed by atoms with Gasteiger partial charge in [0.15, 0.2) is 0 Å². The van der Waals surface area contributed by atoms with E-state index in [0.717, 1.165) is 6.42 Å². The summed E-state index contributed by atoms with van der Waals surface area (Å²) in [6.45, 7) is 4.79. The molecule has 0 spiro atoms. The number of hydrogen-bond acceptors (Lipinski definition) is 1. The Hall–Kier alpha value is -1.60. The van der Waals surface area contributed by atoms with Crippen LogP contribution in [0.2, 0.25) is 0 Å². The lowest BCUT2D eigenvalue weighted by Crippen LogP contribution is -2.31. The summed E-state index contributed by atoms with van der Waals surface area (Å²) in [7, 11) is 0. The number of hydrogen-bond donors (Lipinski definition) is 0. The van der Waals surface area contributed by atoms with Crippen molar-refractivity contribution in [3.63, 3.8) is 0 Å². The molecule has 1 aliphatic heterocycles. The molecule has 1 fully saturated rings. The second kappa shape index (κ2) is 6.23. The van der Waals surface area contributed by atoms with Gasteiger partial charge in [-0.1, -0.05) is 60.7 Å². The Bertz CT molecular complexity index is 520. The van der Waals surface area contributed by atoms with E-state index in [1.165, 1.54) is 30.6 Å². The maximum Gasteiger partial charge on any atom is 0.0136 e. The van der Waals surface area contributed by atoms with E-state index in [9.17, 15) is 0 Å². The highest BCUT2D eigenvalue weighted by Gasteiger charge is 2.30. The van der Waals surface area contributed by atoms with Crippen molar-refractivity contribution < 1.29 is 0 Å². The van der Waals surface area contributed by atoms with Crippen LogP contribution in [0.25, 0.3) is 0 Å². The Morgan fingerprint density at radius 1 is 0.950 bits per heavy atom. The molecule has 1 heteroatoms. The quantitative estimate of drug-likeness (QED) is 0.804. The number of rotatable bonds is 4. The molecule has 2 aromatic rings. The van der Waals surface area contributed by atoms with E-state index in [4.69, 9.17) is 0 Å². The van der Waals surface area contributed by atoms with Crippen LogP contribution in [0.1, 0.15) is 30.4 Å². The van der Waals surface area contributed by atoms with Gasteiger partial charge < -0.3 is 0 Å². The molecule has 2 unspecified atom stereocenters. The SMILES string of the molecule is CC1C(c2ccccc2)CCN1CCc1ccccc1. The van der Waals surface area contributed by atoms with Crippen molar-refractivity contribution >= 4 is 0 Å². The third-order valence-electron chi connectivity index (χ3n) is 4.64. The van der Waals surface area contributed by atoms with Crippen molar-refractivity contribution in [1.29, 1.82) is 0 Å². The molecule has 0 radical (unpaired) electrons. The molecular formula is C19H23N. The van der Waals surface area contributed by atoms with E-state index in [-0.39, 0.29) is 0 Å². The summed E-state index contributed by atoms with van der Waals surface area (Å²) in [5.74, 6) is 0.701. The minimum Gasteiger partial charge on any atom is -0.300 e. The zero-order valence-electron chi connectivity index (χ0n) is 12.2. The highest BCUT2D eigenvalue weighted by Crippen LogP contribution is 2.33. The molecule has 0 amide bonds. The molecule has 1 heterocycles. The van der Waals surface area contributed by atoms with E-state index < -0.39 is 0 Å². The van der Waals surface area contributed by atoms with Crippen LogP contribution >= 0.6 is 0 Å². The predicted molar refractivity (Wildman–Crippen MR) is 85.0 cm³/mol. The van der Waals surface area contributed by atoms with Gasteiger partial charge in [-0.05, 0) is 37.4 Å². The van der Waals surface area contributed by atoms with E-state index >= 15 is 0 Å². The zero-order chi connectivity index (χ0) is 13.8. The second-order valence-corrected chi connectivity index (χ2v) is 5.82. The van der Waals surface area contributed by atoms with Gasteiger partial charge in [0.2, 0.25) is 0 Å². The minimum atomic E-state index is 0.654. The first kappa shape index (κ1) is 13.4. The van der Waals surface area contributed by atoms with Gasteiger partial charge in [-0.2, -0.15) is 0 Å². The lowest BCUT2D eigenvalue weighted by atomic mass is 9.93. The molecule has 2 atom stereocenters. The number of nitrogens with zero attached hydrogens (tertiary/aromatic N) is 1. The highest BCUT2D eigenvalue weighted by molar-refractivity contribution is 5.23. The standard InChI is InChI=1S/C19H23N/c1-16-19(18-10-6-3-7-11-18)13-15-20(16)14-12-17-8-4-2-5-9-17/h2-11,16,19H,12-15H2,1H3. The molecule has 104 valence electrons. The van der Waals surface area contributed by atoms with Crippen LogP contribution in [0.4, 0.5) is 0 Å². The molecule has 0 aromatic heterocycles. The van der Waals surface area contributed by atoms with Crippen molar-refractivity contribution in [2.45, 2.75) is 31.7 Å². The number of benzene rings is 2. The molecule has 3 rings (SSSR count). The van der Waals surface area contributed by atoms with Crippen LogP contribution in [0.3, 0.4) is 0 Å². The van der Waals surface area contributed by atoms with Crippen LogP contribution in [0, 0.1) is 0 Å². The summed E-state index contributed by atoms with van der Waals surface area (Å²) in [5, 5.41) is 0. The van der Waals surface area contributed by atoms with Crippen LogP contribution in [0.15, 0.2) is 60.7 Å². The molecule has 0 saturated carbocycles. The maximum absolute atomic E-state index is 2.64.